The molecule has 0 saturated heterocycles. The van der Waals surface area contributed by atoms with E-state index in [1.165, 1.54) is 0 Å². The van der Waals surface area contributed by atoms with Crippen molar-refractivity contribution in [3.63, 3.8) is 0 Å². The van der Waals surface area contributed by atoms with Gasteiger partial charge in [0.05, 0.1) is 30.5 Å². The number of para-hydroxylation sites is 2. The molecule has 0 radical (unpaired) electrons. The highest BCUT2D eigenvalue weighted by Gasteiger charge is 2.14. The minimum atomic E-state index is -0.193. The second-order valence-corrected chi connectivity index (χ2v) is 6.30. The smallest absolute Gasteiger partial charge is 0.258 e. The van der Waals surface area contributed by atoms with E-state index in [9.17, 15) is 9.59 Å². The lowest BCUT2D eigenvalue weighted by Crippen LogP contribution is -2.32. The lowest BCUT2D eigenvalue weighted by Gasteiger charge is -2.20. The summed E-state index contributed by atoms with van der Waals surface area (Å²) in [6.45, 7) is 4.97. The van der Waals surface area contributed by atoms with Crippen LogP contribution in [0.5, 0.6) is 5.75 Å². The van der Waals surface area contributed by atoms with Crippen molar-refractivity contribution < 1.29 is 9.53 Å². The van der Waals surface area contributed by atoms with Gasteiger partial charge in [-0.3, -0.25) is 9.59 Å². The quantitative estimate of drug-likeness (QED) is 0.698. The molecule has 1 amide bonds. The van der Waals surface area contributed by atoms with Crippen molar-refractivity contribution in [3.05, 3.63) is 70.3 Å². The molecule has 0 bridgehead atoms. The van der Waals surface area contributed by atoms with Gasteiger partial charge < -0.3 is 14.6 Å². The summed E-state index contributed by atoms with van der Waals surface area (Å²) in [5, 5.41) is 0.544. The summed E-state index contributed by atoms with van der Waals surface area (Å²) in [6.07, 6.45) is 0.264. The zero-order valence-electron chi connectivity index (χ0n) is 15.6. The van der Waals surface area contributed by atoms with Crippen LogP contribution in [-0.4, -0.2) is 33.9 Å². The number of carbonyl (C=O) groups is 1. The Morgan fingerprint density at radius 3 is 2.67 bits per heavy atom. The van der Waals surface area contributed by atoms with Crippen molar-refractivity contribution in [2.75, 3.05) is 13.2 Å². The lowest BCUT2D eigenvalue weighted by atomic mass is 10.2. The number of aromatic amines is 1. The molecule has 0 atom stereocenters. The predicted octanol–water partition coefficient (Wildman–Crippen LogP) is 3.05. The molecule has 1 N–H and O–H groups in total. The highest BCUT2D eigenvalue weighted by atomic mass is 16.5. The number of H-pyrrole nitrogens is 1. The van der Waals surface area contributed by atoms with E-state index in [1.807, 2.05) is 44.2 Å². The van der Waals surface area contributed by atoms with E-state index in [-0.39, 0.29) is 24.4 Å². The number of fused-ring (bicyclic) bond motifs is 1. The fourth-order valence-electron chi connectivity index (χ4n) is 2.89. The van der Waals surface area contributed by atoms with Crippen LogP contribution in [0.15, 0.2) is 53.3 Å². The van der Waals surface area contributed by atoms with Crippen molar-refractivity contribution in [2.24, 2.45) is 0 Å². The Morgan fingerprint density at radius 2 is 1.89 bits per heavy atom. The number of aromatic nitrogens is 2. The maximum Gasteiger partial charge on any atom is 0.258 e. The van der Waals surface area contributed by atoms with E-state index < -0.39 is 0 Å². The standard InChI is InChI=1S/C21H23N3O3/c1-3-24(20(25)12-13-27-18-11-7-4-8-15(18)2)14-19-22-17-10-6-5-9-16(17)21(26)23-19/h4-11H,3,12-14H2,1-2H3,(H,22,23,26). The van der Waals surface area contributed by atoms with Gasteiger partial charge in [-0.25, -0.2) is 4.98 Å². The maximum atomic E-state index is 12.5. The predicted molar refractivity (Wildman–Crippen MR) is 105 cm³/mol. The zero-order valence-corrected chi connectivity index (χ0v) is 15.6. The van der Waals surface area contributed by atoms with Crippen molar-refractivity contribution in [2.45, 2.75) is 26.8 Å². The fourth-order valence-corrected chi connectivity index (χ4v) is 2.89. The average molecular weight is 365 g/mol. The van der Waals surface area contributed by atoms with Gasteiger partial charge in [0.2, 0.25) is 5.91 Å². The summed E-state index contributed by atoms with van der Waals surface area (Å²) >= 11 is 0. The number of nitrogens with one attached hydrogen (secondary N) is 1. The topological polar surface area (TPSA) is 75.3 Å². The van der Waals surface area contributed by atoms with E-state index in [0.29, 0.717) is 29.9 Å². The summed E-state index contributed by atoms with van der Waals surface area (Å²) in [4.78, 5) is 33.6. The van der Waals surface area contributed by atoms with Gasteiger partial charge in [-0.1, -0.05) is 30.3 Å². The molecule has 3 aromatic rings. The molecule has 0 aliphatic carbocycles. The Bertz CT molecular complexity index is 997. The fraction of sp³-hybridized carbons (Fsp3) is 0.286. The molecule has 0 saturated carbocycles. The average Bonchev–Trinajstić information content (AvgIpc) is 2.67. The Balaban J connectivity index is 1.63. The molecule has 140 valence electrons. The molecule has 27 heavy (non-hydrogen) atoms. The number of hydrogen-bond acceptors (Lipinski definition) is 4. The second kappa shape index (κ2) is 8.49. The van der Waals surface area contributed by atoms with Crippen molar-refractivity contribution in [3.8, 4) is 5.75 Å². The zero-order chi connectivity index (χ0) is 19.2. The summed E-state index contributed by atoms with van der Waals surface area (Å²) in [5.41, 5.74) is 1.47. The summed E-state index contributed by atoms with van der Waals surface area (Å²) in [6, 6.07) is 14.9. The van der Waals surface area contributed by atoms with Gasteiger partial charge in [0.15, 0.2) is 0 Å². The molecule has 6 nitrogen and oxygen atoms in total. The third-order valence-corrected chi connectivity index (χ3v) is 4.40. The summed E-state index contributed by atoms with van der Waals surface area (Å²) < 4.78 is 5.71. The van der Waals surface area contributed by atoms with E-state index in [2.05, 4.69) is 9.97 Å². The molecule has 3 rings (SSSR count). The lowest BCUT2D eigenvalue weighted by molar-refractivity contribution is -0.132. The largest absolute Gasteiger partial charge is 0.493 e. The first-order valence-corrected chi connectivity index (χ1v) is 9.02. The van der Waals surface area contributed by atoms with E-state index in [1.54, 1.807) is 23.1 Å². The van der Waals surface area contributed by atoms with E-state index in [4.69, 9.17) is 4.74 Å². The number of nitrogens with zero attached hydrogens (tertiary/aromatic N) is 2. The summed E-state index contributed by atoms with van der Waals surface area (Å²) in [5.74, 6) is 1.23. The van der Waals surface area contributed by atoms with Crippen LogP contribution in [0, 0.1) is 6.92 Å². The van der Waals surface area contributed by atoms with Crippen molar-refractivity contribution in [1.82, 2.24) is 14.9 Å². The first-order chi connectivity index (χ1) is 13.1. The Kier molecular flexibility index (Phi) is 5.86. The molecular formula is C21H23N3O3. The van der Waals surface area contributed by atoms with Gasteiger partial charge in [-0.05, 0) is 37.6 Å². The van der Waals surface area contributed by atoms with Gasteiger partial charge in [0.1, 0.15) is 11.6 Å². The molecule has 0 aliphatic rings. The number of benzene rings is 2. The maximum absolute atomic E-state index is 12.5. The third kappa shape index (κ3) is 4.53. The van der Waals surface area contributed by atoms with E-state index in [0.717, 1.165) is 11.3 Å². The van der Waals surface area contributed by atoms with Gasteiger partial charge in [-0.2, -0.15) is 0 Å². The van der Waals surface area contributed by atoms with E-state index >= 15 is 0 Å². The SMILES string of the molecule is CCN(Cc1nc2ccccc2c(=O)[nH]1)C(=O)CCOc1ccccc1C. The van der Waals surface area contributed by atoms with Crippen molar-refractivity contribution >= 4 is 16.8 Å². The van der Waals surface area contributed by atoms with Crippen LogP contribution in [0.2, 0.25) is 0 Å². The molecule has 6 heteroatoms. The molecule has 0 unspecified atom stereocenters. The first kappa shape index (κ1) is 18.6. The third-order valence-electron chi connectivity index (χ3n) is 4.40. The highest BCUT2D eigenvalue weighted by molar-refractivity contribution is 5.78. The Labute approximate surface area is 157 Å². The number of hydrogen-bond donors (Lipinski definition) is 1. The van der Waals surface area contributed by atoms with Crippen LogP contribution in [0.1, 0.15) is 24.7 Å². The number of aryl methyl sites for hydroxylation is 1. The van der Waals surface area contributed by atoms with Crippen LogP contribution >= 0.6 is 0 Å². The van der Waals surface area contributed by atoms with Gasteiger partial charge in [0.25, 0.3) is 5.56 Å². The number of rotatable bonds is 7. The van der Waals surface area contributed by atoms with Crippen LogP contribution in [-0.2, 0) is 11.3 Å². The molecular weight excluding hydrogens is 342 g/mol. The van der Waals surface area contributed by atoms with Crippen LogP contribution in [0.3, 0.4) is 0 Å². The normalized spacial score (nSPS) is 10.7. The highest BCUT2D eigenvalue weighted by Crippen LogP contribution is 2.16. The minimum Gasteiger partial charge on any atom is -0.493 e. The minimum absolute atomic E-state index is 0.0399. The monoisotopic (exact) mass is 365 g/mol. The van der Waals surface area contributed by atoms with Crippen LogP contribution < -0.4 is 10.3 Å². The van der Waals surface area contributed by atoms with Gasteiger partial charge >= 0.3 is 0 Å². The molecule has 1 heterocycles. The second-order valence-electron chi connectivity index (χ2n) is 6.30. The molecule has 2 aromatic carbocycles. The first-order valence-electron chi connectivity index (χ1n) is 9.02. The molecule has 0 spiro atoms. The summed E-state index contributed by atoms with van der Waals surface area (Å²) in [7, 11) is 0. The molecule has 1 aromatic heterocycles. The number of ether oxygens (including phenoxy) is 1. The Morgan fingerprint density at radius 1 is 1.15 bits per heavy atom. The Hall–Kier alpha value is -3.15. The van der Waals surface area contributed by atoms with Gasteiger partial charge in [0, 0.05) is 6.54 Å². The molecule has 0 aliphatic heterocycles. The number of amides is 1. The number of carbonyl (C=O) groups excluding carboxylic acids is 1. The van der Waals surface area contributed by atoms with Gasteiger partial charge in [-0.15, -0.1) is 0 Å². The van der Waals surface area contributed by atoms with Crippen LogP contribution in [0.4, 0.5) is 0 Å². The van der Waals surface area contributed by atoms with Crippen molar-refractivity contribution in [1.29, 1.82) is 0 Å². The molecule has 0 fully saturated rings. The van der Waals surface area contributed by atoms with Crippen LogP contribution in [0.25, 0.3) is 10.9 Å².